The van der Waals surface area contributed by atoms with Gasteiger partial charge in [-0.25, -0.2) is 0 Å². The van der Waals surface area contributed by atoms with Gasteiger partial charge in [0, 0.05) is 19.3 Å². The van der Waals surface area contributed by atoms with E-state index in [4.69, 9.17) is 34.8 Å². The largest absolute Gasteiger partial charge is 0.351 e. The summed E-state index contributed by atoms with van der Waals surface area (Å²) in [6, 6.07) is 6.47. The summed E-state index contributed by atoms with van der Waals surface area (Å²) in [5.41, 5.74) is 0.721. The Kier molecular flexibility index (Phi) is 6.90. The maximum atomic E-state index is 12.3. The van der Waals surface area contributed by atoms with E-state index in [9.17, 15) is 9.59 Å². The quantitative estimate of drug-likeness (QED) is 0.807. The van der Waals surface area contributed by atoms with E-state index in [1.807, 2.05) is 19.0 Å². The summed E-state index contributed by atoms with van der Waals surface area (Å²) in [6.45, 7) is 1.44. The van der Waals surface area contributed by atoms with Crippen molar-refractivity contribution in [3.63, 3.8) is 0 Å². The average Bonchev–Trinajstić information content (AvgIpc) is 2.54. The van der Waals surface area contributed by atoms with Crippen molar-refractivity contribution in [2.45, 2.75) is 6.54 Å². The number of benzene rings is 1. The summed E-state index contributed by atoms with van der Waals surface area (Å²) in [7, 11) is 3.83. The molecule has 0 saturated heterocycles. The molecule has 0 unspecified atom stereocenters. The predicted molar refractivity (Wildman–Crippen MR) is 102 cm³/mol. The zero-order chi connectivity index (χ0) is 18.6. The van der Waals surface area contributed by atoms with Crippen molar-refractivity contribution >= 4 is 40.7 Å². The van der Waals surface area contributed by atoms with Gasteiger partial charge in [0.25, 0.3) is 11.5 Å². The molecule has 1 N–H and O–H groups in total. The van der Waals surface area contributed by atoms with Gasteiger partial charge in [0.05, 0.1) is 22.2 Å². The van der Waals surface area contributed by atoms with Crippen LogP contribution >= 0.6 is 34.8 Å². The number of pyridine rings is 1. The molecule has 2 rings (SSSR count). The van der Waals surface area contributed by atoms with Gasteiger partial charge in [-0.3, -0.25) is 9.59 Å². The van der Waals surface area contributed by atoms with E-state index in [2.05, 4.69) is 5.32 Å². The molecule has 1 aromatic heterocycles. The highest BCUT2D eigenvalue weighted by Crippen LogP contribution is 2.23. The van der Waals surface area contributed by atoms with E-state index >= 15 is 0 Å². The van der Waals surface area contributed by atoms with Gasteiger partial charge in [-0.2, -0.15) is 0 Å². The Morgan fingerprint density at radius 1 is 1.12 bits per heavy atom. The number of hydrogen-bond acceptors (Lipinski definition) is 3. The Hall–Kier alpha value is -1.53. The van der Waals surface area contributed by atoms with Crippen LogP contribution in [-0.4, -0.2) is 42.6 Å². The van der Waals surface area contributed by atoms with Crippen LogP contribution in [0, 0.1) is 0 Å². The first-order valence-electron chi connectivity index (χ1n) is 7.55. The molecule has 0 spiro atoms. The Morgan fingerprint density at radius 3 is 2.48 bits per heavy atom. The van der Waals surface area contributed by atoms with Gasteiger partial charge in [-0.15, -0.1) is 0 Å². The van der Waals surface area contributed by atoms with Gasteiger partial charge in [0.2, 0.25) is 0 Å². The first-order chi connectivity index (χ1) is 11.8. The normalized spacial score (nSPS) is 11.0. The molecule has 25 heavy (non-hydrogen) atoms. The van der Waals surface area contributed by atoms with Gasteiger partial charge < -0.3 is 14.8 Å². The number of aromatic nitrogens is 1. The van der Waals surface area contributed by atoms with Crippen LogP contribution in [0.25, 0.3) is 0 Å². The highest BCUT2D eigenvalue weighted by molar-refractivity contribution is 6.42. The van der Waals surface area contributed by atoms with E-state index in [0.29, 0.717) is 28.7 Å². The summed E-state index contributed by atoms with van der Waals surface area (Å²) >= 11 is 17.9. The van der Waals surface area contributed by atoms with Crippen molar-refractivity contribution in [2.24, 2.45) is 0 Å². The number of likely N-dealkylation sites (N-methyl/N-ethyl adjacent to an activating group) is 1. The molecular weight excluding hydrogens is 385 g/mol. The first kappa shape index (κ1) is 19.8. The van der Waals surface area contributed by atoms with Crippen LogP contribution < -0.4 is 10.9 Å². The fraction of sp³-hybridized carbons (Fsp3) is 0.294. The topological polar surface area (TPSA) is 54.3 Å². The van der Waals surface area contributed by atoms with Crippen molar-refractivity contribution in [3.8, 4) is 0 Å². The van der Waals surface area contributed by atoms with Crippen LogP contribution in [0.2, 0.25) is 15.1 Å². The number of carbonyl (C=O) groups excluding carboxylic acids is 1. The van der Waals surface area contributed by atoms with Crippen LogP contribution in [-0.2, 0) is 6.54 Å². The molecule has 1 heterocycles. The van der Waals surface area contributed by atoms with Crippen molar-refractivity contribution in [1.82, 2.24) is 14.8 Å². The molecule has 0 radical (unpaired) electrons. The number of rotatable bonds is 6. The van der Waals surface area contributed by atoms with Crippen molar-refractivity contribution in [2.75, 3.05) is 27.2 Å². The molecule has 5 nitrogen and oxygen atoms in total. The highest BCUT2D eigenvalue weighted by atomic mass is 35.5. The van der Waals surface area contributed by atoms with Crippen LogP contribution in [0.1, 0.15) is 15.9 Å². The third-order valence-corrected chi connectivity index (χ3v) is 4.50. The van der Waals surface area contributed by atoms with E-state index in [1.165, 1.54) is 16.8 Å². The van der Waals surface area contributed by atoms with Crippen LogP contribution in [0.15, 0.2) is 35.3 Å². The molecule has 1 amide bonds. The second-order valence-corrected chi connectivity index (χ2v) is 7.04. The minimum atomic E-state index is -0.377. The lowest BCUT2D eigenvalue weighted by atomic mass is 10.2. The highest BCUT2D eigenvalue weighted by Gasteiger charge is 2.12. The zero-order valence-corrected chi connectivity index (χ0v) is 16.1. The van der Waals surface area contributed by atoms with Crippen LogP contribution in [0.4, 0.5) is 0 Å². The molecule has 134 valence electrons. The minimum absolute atomic E-state index is 0.0136. The standard InChI is InChI=1S/C17H18Cl3N3O2/c1-22(2)6-5-21-16(24)12-8-15(20)17(25)23(10-12)9-11-3-4-13(18)14(19)7-11/h3-4,7-8,10H,5-6,9H2,1-2H3,(H,21,24). The molecule has 0 aliphatic carbocycles. The zero-order valence-electron chi connectivity index (χ0n) is 13.9. The van der Waals surface area contributed by atoms with Gasteiger partial charge in [0.1, 0.15) is 5.02 Å². The maximum Gasteiger partial charge on any atom is 0.269 e. The SMILES string of the molecule is CN(C)CCNC(=O)c1cc(Cl)c(=O)n(Cc2ccc(Cl)c(Cl)c2)c1. The van der Waals surface area contributed by atoms with E-state index in [0.717, 1.165) is 5.56 Å². The van der Waals surface area contributed by atoms with Crippen molar-refractivity contribution in [3.05, 3.63) is 67.0 Å². The number of nitrogens with one attached hydrogen (secondary N) is 1. The molecular formula is C17H18Cl3N3O2. The van der Waals surface area contributed by atoms with Gasteiger partial charge in [-0.1, -0.05) is 40.9 Å². The third kappa shape index (κ3) is 5.47. The number of halogens is 3. The molecule has 0 bridgehead atoms. The molecule has 0 fully saturated rings. The molecule has 0 atom stereocenters. The lowest BCUT2D eigenvalue weighted by Gasteiger charge is -2.12. The lowest BCUT2D eigenvalue weighted by Crippen LogP contribution is -2.32. The Bertz CT molecular complexity index is 834. The van der Waals surface area contributed by atoms with Crippen molar-refractivity contribution < 1.29 is 4.79 Å². The predicted octanol–water partition coefficient (Wildman–Crippen LogP) is 3.15. The maximum absolute atomic E-state index is 12.3. The number of carbonyl (C=O) groups is 1. The summed E-state index contributed by atoms with van der Waals surface area (Å²) in [4.78, 5) is 26.4. The molecule has 2 aromatic rings. The van der Waals surface area contributed by atoms with E-state index in [-0.39, 0.29) is 23.0 Å². The average molecular weight is 403 g/mol. The number of hydrogen-bond donors (Lipinski definition) is 1. The fourth-order valence-electron chi connectivity index (χ4n) is 2.17. The Labute approximate surface area is 161 Å². The second-order valence-electron chi connectivity index (χ2n) is 5.82. The molecule has 0 aliphatic heterocycles. The molecule has 8 heteroatoms. The summed E-state index contributed by atoms with van der Waals surface area (Å²) in [6.07, 6.45) is 1.49. The summed E-state index contributed by atoms with van der Waals surface area (Å²) in [5, 5.41) is 3.61. The molecule has 0 aliphatic rings. The Balaban J connectivity index is 2.23. The number of nitrogens with zero attached hydrogens (tertiary/aromatic N) is 2. The van der Waals surface area contributed by atoms with E-state index < -0.39 is 0 Å². The van der Waals surface area contributed by atoms with Gasteiger partial charge in [0.15, 0.2) is 0 Å². The minimum Gasteiger partial charge on any atom is -0.351 e. The summed E-state index contributed by atoms with van der Waals surface area (Å²) < 4.78 is 1.38. The monoisotopic (exact) mass is 401 g/mol. The second kappa shape index (κ2) is 8.72. The van der Waals surface area contributed by atoms with Gasteiger partial charge in [-0.05, 0) is 37.9 Å². The lowest BCUT2D eigenvalue weighted by molar-refractivity contribution is 0.0950. The molecule has 0 saturated carbocycles. The van der Waals surface area contributed by atoms with E-state index in [1.54, 1.807) is 18.2 Å². The van der Waals surface area contributed by atoms with Gasteiger partial charge >= 0.3 is 0 Å². The van der Waals surface area contributed by atoms with Crippen LogP contribution in [0.3, 0.4) is 0 Å². The summed E-state index contributed by atoms with van der Waals surface area (Å²) in [5.74, 6) is -0.286. The van der Waals surface area contributed by atoms with Crippen molar-refractivity contribution in [1.29, 1.82) is 0 Å². The fourth-order valence-corrected chi connectivity index (χ4v) is 2.72. The number of amides is 1. The Morgan fingerprint density at radius 2 is 1.84 bits per heavy atom. The smallest absolute Gasteiger partial charge is 0.269 e. The third-order valence-electron chi connectivity index (χ3n) is 3.49. The molecule has 1 aromatic carbocycles. The van der Waals surface area contributed by atoms with Crippen LogP contribution in [0.5, 0.6) is 0 Å². The first-order valence-corrected chi connectivity index (χ1v) is 8.68.